The van der Waals surface area contributed by atoms with Crippen molar-refractivity contribution in [3.8, 4) is 0 Å². The topological polar surface area (TPSA) is 792 Å². The van der Waals surface area contributed by atoms with E-state index in [0.717, 1.165) is 0 Å². The Labute approximate surface area is 1010 Å². The summed E-state index contributed by atoms with van der Waals surface area (Å²) in [6.45, 7) is 0. The number of ether oxygens (including phenoxy) is 16. The Morgan fingerprint density at radius 1 is 0.176 bits per heavy atom. The first-order valence-electron chi connectivity index (χ1n) is 46.7. The summed E-state index contributed by atoms with van der Waals surface area (Å²) in [5.41, 5.74) is -27.1. The summed E-state index contributed by atoms with van der Waals surface area (Å²) in [7, 11) is 0. The van der Waals surface area contributed by atoms with E-state index in [0.29, 0.717) is 0 Å². The molecule has 736 valence electrons. The molecule has 48 nitrogen and oxygen atoms in total. The zero-order valence-electron chi connectivity index (χ0n) is 89.9. The molecule has 0 aromatic carbocycles. The van der Waals surface area contributed by atoms with Crippen LogP contribution in [0.2, 0.25) is 0 Å². The van der Waals surface area contributed by atoms with Gasteiger partial charge >= 0.3 is 236 Å². The fourth-order valence-electron chi connectivity index (χ4n) is 13.0. The van der Waals surface area contributed by atoms with Crippen molar-refractivity contribution >= 4 is 142 Å². The van der Waals surface area contributed by atoms with Gasteiger partial charge in [-0.05, 0) is 97.4 Å². The van der Waals surface area contributed by atoms with Crippen molar-refractivity contribution in [2.45, 2.75) is 297 Å². The minimum atomic E-state index is -3.39. The predicted molar refractivity (Wildman–Crippen MR) is 420 cm³/mol. The van der Waals surface area contributed by atoms with Gasteiger partial charge in [0.2, 0.25) is 0 Å². The van der Waals surface area contributed by atoms with Crippen LogP contribution in [0.1, 0.15) is 73.3 Å². The molecule has 0 aliphatic carbocycles. The Kier molecular flexibility index (Phi) is 57.8. The van der Waals surface area contributed by atoms with Crippen LogP contribution in [0.4, 0.5) is 0 Å². The molecule has 16 N–H and O–H groups in total. The smallest absolute Gasteiger partial charge is 0.550 e. The number of aliphatic carboxylic acids is 8. The Morgan fingerprint density at radius 2 is 0.265 bits per heavy atom. The Hall–Kier alpha value is 5.28. The van der Waals surface area contributed by atoms with Crippen molar-refractivity contribution in [2.75, 3.05) is 91.7 Å². The van der Waals surface area contributed by atoms with E-state index in [9.17, 15) is 183 Å². The van der Waals surface area contributed by atoms with Gasteiger partial charge in [-0.2, -0.15) is 94.1 Å². The van der Waals surface area contributed by atoms with Crippen LogP contribution >= 0.6 is 94.1 Å². The molecule has 64 heteroatoms. The molecule has 0 spiro atoms. The Bertz CT molecular complexity index is 3540. The Balaban J connectivity index is 0.0000144. The zero-order chi connectivity index (χ0) is 108. The van der Waals surface area contributed by atoms with E-state index in [1.807, 2.05) is 0 Å². The maximum absolute atomic E-state index is 12.4. The number of aliphatic hydroxyl groups excluding tert-OH is 16. The molecule has 40 atom stereocenters. The molecule has 30 fully saturated rings. The SMILES string of the molecule is [2H]C([2H])(SCCC(=O)[O-])[C@H]1O[C@@H]2O[C@H]3[C@H](O)[C@@H](O)[C@@H](O[C@H]4[C@H](O)[C@@H](O)[C@@H](O[C@H]5[C@H](O)[C@@H](O)[C@@H](O[C@H]6[C@H](O)[C@@H](O)[C@@H](O[C@H]7[C@H](O)[C@@H](O)[C@@H](O[C@H]8[C@H](O)[C@@H](O)[C@@H](O[C@H]9[C@H](O)[C@@H](O)[C@@H](O[C@H]1[C@H](O)[C@H]2O)O[C@@H]9C([2H])([2H])SCCC(=O)[O-])O[C@@H]8C([2H])([2H])SCCC(=O)[O-])O[C@@H]7C([2H])([2H])SCCC(=O)[O-])O[C@@H]6C([2H])([2H])SCCC(=O)[O-])O[C@@H]5C([2H])([2H])SCCC(=O)[O-])O[C@@H]4C([2H])([2H])SCCC(=O)[O-])O[C@@H]3C([2H])([2H])SCCC(=O)[O-].[Na+].[Na+].[Na+].[Na+].[Na+].[Na+].[Na+].[Na+]. The first-order chi connectivity index (χ1) is 66.6. The number of carbonyl (C=O) groups is 8. The van der Waals surface area contributed by atoms with Crippen LogP contribution in [0.15, 0.2) is 0 Å². The minimum Gasteiger partial charge on any atom is -0.550 e. The summed E-state index contributed by atoms with van der Waals surface area (Å²) < 4.78 is 244. The number of carboxylic acids is 8. The number of hydrogen-bond donors (Lipinski definition) is 16. The van der Waals surface area contributed by atoms with Gasteiger partial charge in [-0.1, -0.05) is 0 Å². The molecule has 0 saturated carbocycles. The van der Waals surface area contributed by atoms with E-state index in [2.05, 4.69) is 0 Å². The van der Waals surface area contributed by atoms with Gasteiger partial charge in [0.15, 0.2) is 50.3 Å². The molecule has 30 saturated heterocycles. The second-order valence-corrected chi connectivity index (χ2v) is 36.2. The average molecular weight is 2190 g/mol. The molecular formula is C72H104Na8O48S8. The number of aliphatic hydroxyl groups is 16. The van der Waals surface area contributed by atoms with Gasteiger partial charge in [0.1, 0.15) is 146 Å². The monoisotopic (exact) mass is 2190 g/mol. The summed E-state index contributed by atoms with van der Waals surface area (Å²) in [6.07, 6.45) is -123. The van der Waals surface area contributed by atoms with Gasteiger partial charge in [-0.15, -0.1) is 0 Å². The van der Waals surface area contributed by atoms with Crippen LogP contribution < -0.4 is 277 Å². The van der Waals surface area contributed by atoms with Crippen LogP contribution in [0.3, 0.4) is 0 Å². The number of carboxylic acid groups (broad SMARTS) is 8. The van der Waals surface area contributed by atoms with Crippen molar-refractivity contribution < 1.29 is 495 Å². The van der Waals surface area contributed by atoms with E-state index in [1.165, 1.54) is 0 Å². The van der Waals surface area contributed by atoms with E-state index >= 15 is 0 Å². The number of thioether (sulfide) groups is 8. The van der Waals surface area contributed by atoms with Gasteiger partial charge in [0, 0.05) is 115 Å². The average Bonchev–Trinajstić information content (AvgIpc) is 0.745. The molecule has 30 aliphatic rings. The van der Waals surface area contributed by atoms with E-state index < -0.39 is 436 Å². The molecular weight excluding hydrogens is 2070 g/mol. The molecule has 16 bridgehead atoms. The third-order valence-corrected chi connectivity index (χ3v) is 26.0. The van der Waals surface area contributed by atoms with Crippen molar-refractivity contribution in [2.24, 2.45) is 0 Å². The Morgan fingerprint density at radius 3 is 0.346 bits per heavy atom. The molecule has 0 amide bonds. The number of carbonyl (C=O) groups excluding carboxylic acids is 8. The molecule has 30 aliphatic heterocycles. The normalized spacial score (nSPS) is 41.6. The van der Waals surface area contributed by atoms with Crippen LogP contribution in [-0.2, 0) is 114 Å². The molecule has 30 rings (SSSR count). The van der Waals surface area contributed by atoms with Gasteiger partial charge in [-0.3, -0.25) is 0 Å². The van der Waals surface area contributed by atoms with Gasteiger partial charge in [-0.25, -0.2) is 0 Å². The van der Waals surface area contributed by atoms with Crippen molar-refractivity contribution in [1.29, 1.82) is 0 Å². The van der Waals surface area contributed by atoms with E-state index in [4.69, 9.17) is 75.8 Å². The summed E-state index contributed by atoms with van der Waals surface area (Å²) in [6, 6.07) is 0. The zero-order valence-corrected chi connectivity index (χ0v) is 96.4. The third-order valence-electron chi connectivity index (χ3n) is 19.5. The fourth-order valence-corrected chi connectivity index (χ4v) is 18.9. The maximum atomic E-state index is 12.4. The summed E-state index contributed by atoms with van der Waals surface area (Å²) >= 11 is -0.291. The minimum absolute atomic E-state index is 0. The van der Waals surface area contributed by atoms with Crippen LogP contribution in [0, 0.1) is 0 Å². The predicted octanol–water partition coefficient (Wildman–Crippen LogP) is -42.3. The molecule has 0 radical (unpaired) electrons. The second kappa shape index (κ2) is 69.9. The number of rotatable bonds is 40. The van der Waals surface area contributed by atoms with Crippen molar-refractivity contribution in [3.63, 3.8) is 0 Å². The van der Waals surface area contributed by atoms with Crippen LogP contribution in [0.5, 0.6) is 0 Å². The molecule has 0 aromatic rings. The van der Waals surface area contributed by atoms with Gasteiger partial charge in [0.25, 0.3) is 0 Å². The molecule has 0 unspecified atom stereocenters. The van der Waals surface area contributed by atoms with E-state index in [-0.39, 0.29) is 331 Å². The van der Waals surface area contributed by atoms with Crippen molar-refractivity contribution in [3.05, 3.63) is 0 Å². The van der Waals surface area contributed by atoms with Gasteiger partial charge in [0.05, 0.1) is 48.8 Å². The number of hydrogen-bond acceptors (Lipinski definition) is 56. The van der Waals surface area contributed by atoms with Crippen LogP contribution in [-0.4, -0.2) is 467 Å². The first kappa shape index (κ1) is 112. The standard InChI is InChI=1S/C72H112O48S8.8Na/c73-33(74)1-9-121-17-25-57-41(89)49(97)65(105-25)114-58-26(18-122-10-2-34(75)76)107-67(51(99)43(58)91)116-60-28(20-124-12-4-36(79)80)109-69(53(101)45(60)93)118-62-30(22-126-14-6-38(83)84)111-71(55(103)47(62)95)120-64-32(24-128-16-8-40(87)88)112-72(56(104)48(64)96)119-63-31(23-127-15-7-39(85)86)110-70(54(102)46(63)94)117-61-29(21-125-13-5-37(81)82)108-68(52(100)44(61)92)115-59-27(19-123-11-3-35(77)78)106-66(113-57)50(98)42(59)90;;;;;;;;/h25-32,41-72,89-104H,1-24H2,(H,73,74)(H,75,76)(H,77,78)(H,79,80)(H,81,82)(H,83,84)(H,85,86)(H,87,88);;;;;;;;/q;8*+1/p-8/t25-,26-,27-,28-,29-,30-,31-,32-,41-,42-,43-,44-,45-,46-,47-,48-,49-,50-,51-,52-,53-,54-,55-,56-,57-,58-,59-,60-,61-,62-,63-,64-,65-,66-,67-,68-,69-,70-,71-,72-;;;;;;;;/m1......../s1/i17D2,18D2,19D2,20D2,21D2,22D2,23D2,24D2;;;;;;;;. The maximum Gasteiger partial charge on any atom is 1.00 e. The quantitative estimate of drug-likeness (QED) is 0.0253. The van der Waals surface area contributed by atoms with Gasteiger partial charge < -0.3 is 237 Å². The van der Waals surface area contributed by atoms with Crippen LogP contribution in [0.25, 0.3) is 0 Å². The summed E-state index contributed by atoms with van der Waals surface area (Å²) in [5.74, 6) is -21.6. The van der Waals surface area contributed by atoms with E-state index in [1.54, 1.807) is 0 Å². The third kappa shape index (κ3) is 41.5. The van der Waals surface area contributed by atoms with Crippen molar-refractivity contribution in [1.82, 2.24) is 0 Å². The molecule has 136 heavy (non-hydrogen) atoms. The molecule has 0 aromatic heterocycles. The fraction of sp³-hybridized carbons (Fsp3) is 0.889. The summed E-state index contributed by atoms with van der Waals surface area (Å²) in [5, 5.41) is 292. The molecule has 30 heterocycles. The first-order valence-corrected chi connectivity index (χ1v) is 46.6. The summed E-state index contributed by atoms with van der Waals surface area (Å²) in [4.78, 5) is 94.7. The second-order valence-electron chi connectivity index (χ2n) is 28.8. The largest absolute Gasteiger partial charge is 1.00 e.